The van der Waals surface area contributed by atoms with E-state index in [0.717, 1.165) is 17.5 Å². The average Bonchev–Trinajstić information content (AvgIpc) is 2.89. The first-order valence-corrected chi connectivity index (χ1v) is 6.15. The van der Waals surface area contributed by atoms with Gasteiger partial charge in [-0.2, -0.15) is 0 Å². The molecule has 0 spiro atoms. The second kappa shape index (κ2) is 4.86. The van der Waals surface area contributed by atoms with Crippen molar-refractivity contribution in [2.24, 2.45) is 0 Å². The van der Waals surface area contributed by atoms with Gasteiger partial charge in [-0.05, 0) is 37.3 Å². The molecule has 0 aromatic heterocycles. The molecule has 3 atom stereocenters. The third kappa shape index (κ3) is 2.22. The van der Waals surface area contributed by atoms with Gasteiger partial charge in [-0.3, -0.25) is 10.1 Å². The lowest BCUT2D eigenvalue weighted by atomic mass is 9.83. The van der Waals surface area contributed by atoms with Crippen LogP contribution in [0.4, 0.5) is 5.69 Å². The Morgan fingerprint density at radius 3 is 2.67 bits per heavy atom. The fraction of sp³-hybridized carbons (Fsp3) is 0.538. The molecule has 5 heteroatoms. The molecular weight excluding hydrogens is 252 g/mol. The molecule has 0 saturated carbocycles. The van der Waals surface area contributed by atoms with E-state index in [-0.39, 0.29) is 23.0 Å². The molecule has 1 aromatic rings. The normalized spacial score (nSPS) is 29.1. The minimum atomic E-state index is -0.295. The number of halogens is 1. The van der Waals surface area contributed by atoms with E-state index >= 15 is 0 Å². The summed E-state index contributed by atoms with van der Waals surface area (Å²) in [5, 5.41) is 14.4. The summed E-state index contributed by atoms with van der Waals surface area (Å²) < 4.78 is 0. The predicted molar refractivity (Wildman–Crippen MR) is 72.4 cm³/mol. The van der Waals surface area contributed by atoms with E-state index in [1.54, 1.807) is 12.1 Å². The van der Waals surface area contributed by atoms with E-state index in [1.807, 2.05) is 6.92 Å². The van der Waals surface area contributed by atoms with Crippen molar-refractivity contribution >= 4 is 18.1 Å². The Kier molecular flexibility index (Phi) is 3.59. The molecule has 2 aliphatic heterocycles. The molecular formula is C13H17ClN2O2. The Balaban J connectivity index is 0.00000120. The number of hydrogen-bond donors (Lipinski definition) is 1. The fourth-order valence-electron chi connectivity index (χ4n) is 3.30. The van der Waals surface area contributed by atoms with Gasteiger partial charge < -0.3 is 5.32 Å². The zero-order valence-electron chi connectivity index (χ0n) is 10.3. The summed E-state index contributed by atoms with van der Waals surface area (Å²) in [6.07, 6.45) is 3.59. The standard InChI is InChI=1S/C13H16N2O2.ClH/c1-8-4-9(6-11(5-8)15(16)17)12-7-10-2-3-13(12)14-10;/h4-6,10,12-14H,2-3,7H2,1H3;1H. The number of nitrogens with zero attached hydrogens (tertiary/aromatic N) is 1. The van der Waals surface area contributed by atoms with E-state index in [2.05, 4.69) is 11.4 Å². The van der Waals surface area contributed by atoms with E-state index in [9.17, 15) is 10.1 Å². The summed E-state index contributed by atoms with van der Waals surface area (Å²) in [6, 6.07) is 6.65. The highest BCUT2D eigenvalue weighted by Crippen LogP contribution is 2.40. The van der Waals surface area contributed by atoms with Gasteiger partial charge in [0.05, 0.1) is 4.92 Å². The van der Waals surface area contributed by atoms with Gasteiger partial charge in [-0.15, -0.1) is 12.4 Å². The van der Waals surface area contributed by atoms with Crippen molar-refractivity contribution in [3.8, 4) is 0 Å². The summed E-state index contributed by atoms with van der Waals surface area (Å²) in [5.41, 5.74) is 2.34. The Bertz CT molecular complexity index is 478. The minimum absolute atomic E-state index is 0. The number of non-ortho nitro benzene ring substituents is 1. The van der Waals surface area contributed by atoms with Crippen LogP contribution < -0.4 is 5.32 Å². The lowest BCUT2D eigenvalue weighted by Gasteiger charge is -2.20. The van der Waals surface area contributed by atoms with Gasteiger partial charge in [0.1, 0.15) is 0 Å². The molecule has 98 valence electrons. The molecule has 0 amide bonds. The van der Waals surface area contributed by atoms with Gasteiger partial charge >= 0.3 is 0 Å². The second-order valence-electron chi connectivity index (χ2n) is 5.25. The second-order valence-corrected chi connectivity index (χ2v) is 5.25. The number of aryl methyl sites for hydroxylation is 1. The molecule has 3 rings (SSSR count). The van der Waals surface area contributed by atoms with Crippen molar-refractivity contribution < 1.29 is 4.92 Å². The molecule has 4 nitrogen and oxygen atoms in total. The zero-order chi connectivity index (χ0) is 12.0. The molecule has 0 aliphatic carbocycles. The minimum Gasteiger partial charge on any atom is -0.311 e. The Morgan fingerprint density at radius 1 is 1.33 bits per heavy atom. The van der Waals surface area contributed by atoms with E-state index < -0.39 is 0 Å². The molecule has 2 heterocycles. The summed E-state index contributed by atoms with van der Waals surface area (Å²) in [7, 11) is 0. The third-order valence-corrected chi connectivity index (χ3v) is 4.02. The maximum atomic E-state index is 10.9. The Morgan fingerprint density at radius 2 is 2.11 bits per heavy atom. The van der Waals surface area contributed by atoms with Crippen molar-refractivity contribution in [2.45, 2.75) is 44.2 Å². The smallest absolute Gasteiger partial charge is 0.269 e. The largest absolute Gasteiger partial charge is 0.311 e. The topological polar surface area (TPSA) is 55.2 Å². The first-order valence-electron chi connectivity index (χ1n) is 6.15. The number of fused-ring (bicyclic) bond motifs is 2. The number of hydrogen-bond acceptors (Lipinski definition) is 3. The van der Waals surface area contributed by atoms with Gasteiger partial charge in [0.25, 0.3) is 5.69 Å². The monoisotopic (exact) mass is 268 g/mol. The molecule has 2 fully saturated rings. The van der Waals surface area contributed by atoms with Crippen molar-refractivity contribution in [3.63, 3.8) is 0 Å². The average molecular weight is 269 g/mol. The number of nitro benzene ring substituents is 1. The number of nitrogens with one attached hydrogen (secondary N) is 1. The molecule has 1 N–H and O–H groups in total. The highest BCUT2D eigenvalue weighted by molar-refractivity contribution is 5.85. The highest BCUT2D eigenvalue weighted by Gasteiger charge is 2.40. The molecule has 2 aliphatic rings. The van der Waals surface area contributed by atoms with Crippen LogP contribution in [0.15, 0.2) is 18.2 Å². The van der Waals surface area contributed by atoms with Gasteiger partial charge in [0, 0.05) is 30.1 Å². The molecule has 0 radical (unpaired) electrons. The number of rotatable bonds is 2. The summed E-state index contributed by atoms with van der Waals surface area (Å²) in [6.45, 7) is 1.93. The third-order valence-electron chi connectivity index (χ3n) is 4.02. The lowest BCUT2D eigenvalue weighted by molar-refractivity contribution is -0.385. The van der Waals surface area contributed by atoms with Crippen LogP contribution in [0.5, 0.6) is 0 Å². The Hall–Kier alpha value is -1.13. The van der Waals surface area contributed by atoms with Gasteiger partial charge in [-0.25, -0.2) is 0 Å². The number of benzene rings is 1. The molecule has 2 saturated heterocycles. The summed E-state index contributed by atoms with van der Waals surface area (Å²) >= 11 is 0. The van der Waals surface area contributed by atoms with Gasteiger partial charge in [0.15, 0.2) is 0 Å². The maximum absolute atomic E-state index is 10.9. The number of nitro groups is 1. The maximum Gasteiger partial charge on any atom is 0.269 e. The van der Waals surface area contributed by atoms with Crippen LogP contribution in [0.2, 0.25) is 0 Å². The van der Waals surface area contributed by atoms with E-state index in [0.29, 0.717) is 18.0 Å². The van der Waals surface area contributed by atoms with Crippen LogP contribution in [0.3, 0.4) is 0 Å². The quantitative estimate of drug-likeness (QED) is 0.663. The molecule has 18 heavy (non-hydrogen) atoms. The highest BCUT2D eigenvalue weighted by atomic mass is 35.5. The van der Waals surface area contributed by atoms with E-state index in [1.165, 1.54) is 12.8 Å². The SMILES string of the molecule is Cc1cc(C2CC3CCC2N3)cc([N+](=O)[O-])c1.Cl. The first-order chi connectivity index (χ1) is 8.13. The molecule has 2 bridgehead atoms. The first kappa shape index (κ1) is 13.3. The van der Waals surface area contributed by atoms with Crippen LogP contribution in [-0.2, 0) is 0 Å². The van der Waals surface area contributed by atoms with Crippen LogP contribution in [-0.4, -0.2) is 17.0 Å². The van der Waals surface area contributed by atoms with Crippen molar-refractivity contribution in [1.82, 2.24) is 5.32 Å². The molecule has 3 unspecified atom stereocenters. The van der Waals surface area contributed by atoms with Crippen LogP contribution in [0.1, 0.15) is 36.3 Å². The summed E-state index contributed by atoms with van der Waals surface area (Å²) in [5.74, 6) is 0.465. The van der Waals surface area contributed by atoms with Gasteiger partial charge in [-0.1, -0.05) is 6.07 Å². The van der Waals surface area contributed by atoms with Crippen molar-refractivity contribution in [3.05, 3.63) is 39.4 Å². The zero-order valence-corrected chi connectivity index (χ0v) is 11.1. The van der Waals surface area contributed by atoms with Crippen molar-refractivity contribution in [2.75, 3.05) is 0 Å². The van der Waals surface area contributed by atoms with Gasteiger partial charge in [0.2, 0.25) is 0 Å². The van der Waals surface area contributed by atoms with Crippen molar-refractivity contribution in [1.29, 1.82) is 0 Å². The Labute approximate surface area is 112 Å². The van der Waals surface area contributed by atoms with Crippen LogP contribution in [0.25, 0.3) is 0 Å². The van der Waals surface area contributed by atoms with Crippen LogP contribution >= 0.6 is 12.4 Å². The summed E-state index contributed by atoms with van der Waals surface area (Å²) in [4.78, 5) is 10.6. The lowest BCUT2D eigenvalue weighted by Crippen LogP contribution is -2.21. The van der Waals surface area contributed by atoms with Crippen LogP contribution in [0, 0.1) is 17.0 Å². The fourth-order valence-corrected chi connectivity index (χ4v) is 3.30. The predicted octanol–water partition coefficient (Wildman–Crippen LogP) is 2.93. The van der Waals surface area contributed by atoms with E-state index in [4.69, 9.17) is 0 Å². The molecule has 1 aromatic carbocycles.